The number of carbonyl (C=O) groups excluding carboxylic acids is 2. The van der Waals surface area contributed by atoms with Crippen molar-refractivity contribution < 1.29 is 9.59 Å². The third kappa shape index (κ3) is 2.19. The van der Waals surface area contributed by atoms with Crippen molar-refractivity contribution in [3.05, 3.63) is 41.5 Å². The summed E-state index contributed by atoms with van der Waals surface area (Å²) in [6.07, 6.45) is 2.34. The van der Waals surface area contributed by atoms with Crippen LogP contribution in [0.25, 0.3) is 5.57 Å². The molecule has 1 aromatic rings. The molecule has 0 spiro atoms. The van der Waals surface area contributed by atoms with Crippen LogP contribution >= 0.6 is 0 Å². The SMILES string of the molecule is CCc1ccc(C2=CC(=O)N(CCN)C2=O)cc1. The van der Waals surface area contributed by atoms with Crippen LogP contribution in [0.1, 0.15) is 18.1 Å². The molecule has 0 atom stereocenters. The van der Waals surface area contributed by atoms with Gasteiger partial charge in [0.2, 0.25) is 0 Å². The first kappa shape index (κ1) is 12.5. The van der Waals surface area contributed by atoms with Crippen molar-refractivity contribution in [2.24, 2.45) is 5.73 Å². The Morgan fingerprint density at radius 3 is 2.39 bits per heavy atom. The van der Waals surface area contributed by atoms with Gasteiger partial charge in [-0.1, -0.05) is 31.2 Å². The second-order valence-electron chi connectivity index (χ2n) is 4.19. The second kappa shape index (κ2) is 5.14. The minimum Gasteiger partial charge on any atom is -0.329 e. The molecule has 0 saturated heterocycles. The lowest BCUT2D eigenvalue weighted by Gasteiger charge is -2.13. The molecule has 1 aliphatic rings. The fourth-order valence-electron chi connectivity index (χ4n) is 1.98. The molecule has 94 valence electrons. The Labute approximate surface area is 106 Å². The molecular formula is C14H16N2O2. The van der Waals surface area contributed by atoms with E-state index in [-0.39, 0.29) is 24.9 Å². The highest BCUT2D eigenvalue weighted by Crippen LogP contribution is 2.23. The lowest BCUT2D eigenvalue weighted by molar-refractivity contribution is -0.136. The van der Waals surface area contributed by atoms with E-state index in [2.05, 4.69) is 6.92 Å². The fraction of sp³-hybridized carbons (Fsp3) is 0.286. The van der Waals surface area contributed by atoms with E-state index >= 15 is 0 Å². The summed E-state index contributed by atoms with van der Waals surface area (Å²) in [7, 11) is 0. The molecule has 2 amide bonds. The Bertz CT molecular complexity index is 503. The van der Waals surface area contributed by atoms with Gasteiger partial charge in [-0.25, -0.2) is 0 Å². The molecule has 0 unspecified atom stereocenters. The van der Waals surface area contributed by atoms with Crippen LogP contribution in [-0.4, -0.2) is 29.8 Å². The highest BCUT2D eigenvalue weighted by molar-refractivity contribution is 6.33. The third-order valence-electron chi connectivity index (χ3n) is 3.04. The summed E-state index contributed by atoms with van der Waals surface area (Å²) in [5.74, 6) is -0.533. The smallest absolute Gasteiger partial charge is 0.261 e. The highest BCUT2D eigenvalue weighted by Gasteiger charge is 2.30. The number of amides is 2. The van der Waals surface area contributed by atoms with E-state index in [0.29, 0.717) is 5.57 Å². The summed E-state index contributed by atoms with van der Waals surface area (Å²) >= 11 is 0. The van der Waals surface area contributed by atoms with Crippen molar-refractivity contribution in [1.82, 2.24) is 4.90 Å². The van der Waals surface area contributed by atoms with Gasteiger partial charge in [0, 0.05) is 19.2 Å². The zero-order chi connectivity index (χ0) is 13.1. The molecule has 2 rings (SSSR count). The Hall–Kier alpha value is -1.94. The minimum absolute atomic E-state index is 0.255. The van der Waals surface area contributed by atoms with Crippen molar-refractivity contribution >= 4 is 17.4 Å². The molecule has 1 aliphatic heterocycles. The summed E-state index contributed by atoms with van der Waals surface area (Å²) < 4.78 is 0. The van der Waals surface area contributed by atoms with E-state index in [4.69, 9.17) is 5.73 Å². The van der Waals surface area contributed by atoms with E-state index in [0.717, 1.165) is 12.0 Å². The largest absolute Gasteiger partial charge is 0.329 e. The van der Waals surface area contributed by atoms with Gasteiger partial charge in [-0.3, -0.25) is 14.5 Å². The topological polar surface area (TPSA) is 63.4 Å². The number of hydrogen-bond acceptors (Lipinski definition) is 3. The lowest BCUT2D eigenvalue weighted by atomic mass is 10.0. The summed E-state index contributed by atoms with van der Waals surface area (Å²) in [5.41, 5.74) is 7.83. The lowest BCUT2D eigenvalue weighted by Crippen LogP contribution is -2.35. The van der Waals surface area contributed by atoms with Crippen LogP contribution in [-0.2, 0) is 16.0 Å². The molecule has 0 aromatic heterocycles. The first-order valence-electron chi connectivity index (χ1n) is 6.04. The summed E-state index contributed by atoms with van der Waals surface area (Å²) in [5, 5.41) is 0. The van der Waals surface area contributed by atoms with Crippen LogP contribution in [0, 0.1) is 0 Å². The maximum Gasteiger partial charge on any atom is 0.261 e. The Kier molecular flexibility index (Phi) is 3.58. The number of aryl methyl sites for hydroxylation is 1. The minimum atomic E-state index is -0.278. The maximum absolute atomic E-state index is 12.0. The third-order valence-corrected chi connectivity index (χ3v) is 3.04. The molecule has 0 saturated carbocycles. The number of imide groups is 1. The van der Waals surface area contributed by atoms with Crippen molar-refractivity contribution in [2.75, 3.05) is 13.1 Å². The monoisotopic (exact) mass is 244 g/mol. The van der Waals surface area contributed by atoms with Gasteiger partial charge in [0.05, 0.1) is 5.57 Å². The Balaban J connectivity index is 2.26. The summed E-state index contributed by atoms with van der Waals surface area (Å²) in [6.45, 7) is 2.62. The number of carbonyl (C=O) groups is 2. The first-order chi connectivity index (χ1) is 8.67. The van der Waals surface area contributed by atoms with Gasteiger partial charge in [-0.15, -0.1) is 0 Å². The Morgan fingerprint density at radius 1 is 1.17 bits per heavy atom. The molecular weight excluding hydrogens is 228 g/mol. The molecule has 1 aromatic carbocycles. The molecule has 0 bridgehead atoms. The van der Waals surface area contributed by atoms with Gasteiger partial charge in [-0.2, -0.15) is 0 Å². The molecule has 0 radical (unpaired) electrons. The van der Waals surface area contributed by atoms with Crippen LogP contribution in [0.4, 0.5) is 0 Å². The predicted molar refractivity (Wildman–Crippen MR) is 69.6 cm³/mol. The van der Waals surface area contributed by atoms with Crippen LogP contribution in [0.3, 0.4) is 0 Å². The van der Waals surface area contributed by atoms with Crippen LogP contribution in [0.2, 0.25) is 0 Å². The second-order valence-corrected chi connectivity index (χ2v) is 4.19. The highest BCUT2D eigenvalue weighted by atomic mass is 16.2. The summed E-state index contributed by atoms with van der Waals surface area (Å²) in [6, 6.07) is 7.70. The van der Waals surface area contributed by atoms with Crippen LogP contribution in [0.5, 0.6) is 0 Å². The maximum atomic E-state index is 12.0. The normalized spacial score (nSPS) is 15.2. The van der Waals surface area contributed by atoms with E-state index < -0.39 is 0 Å². The van der Waals surface area contributed by atoms with Crippen molar-refractivity contribution in [3.63, 3.8) is 0 Å². The average Bonchev–Trinajstić information content (AvgIpc) is 2.67. The first-order valence-corrected chi connectivity index (χ1v) is 6.04. The number of benzene rings is 1. The molecule has 18 heavy (non-hydrogen) atoms. The van der Waals surface area contributed by atoms with E-state index in [1.165, 1.54) is 16.5 Å². The van der Waals surface area contributed by atoms with Crippen molar-refractivity contribution in [2.45, 2.75) is 13.3 Å². The quantitative estimate of drug-likeness (QED) is 0.802. The van der Waals surface area contributed by atoms with Gasteiger partial charge < -0.3 is 5.73 Å². The van der Waals surface area contributed by atoms with Crippen LogP contribution < -0.4 is 5.73 Å². The van der Waals surface area contributed by atoms with Crippen molar-refractivity contribution in [3.8, 4) is 0 Å². The Morgan fingerprint density at radius 2 is 1.83 bits per heavy atom. The van der Waals surface area contributed by atoms with Gasteiger partial charge in [0.15, 0.2) is 0 Å². The molecule has 4 nitrogen and oxygen atoms in total. The zero-order valence-corrected chi connectivity index (χ0v) is 10.3. The molecule has 0 aliphatic carbocycles. The molecule has 0 fully saturated rings. The van der Waals surface area contributed by atoms with Crippen LogP contribution in [0.15, 0.2) is 30.3 Å². The van der Waals surface area contributed by atoms with E-state index in [9.17, 15) is 9.59 Å². The zero-order valence-electron chi connectivity index (χ0n) is 10.3. The molecule has 1 heterocycles. The fourth-order valence-corrected chi connectivity index (χ4v) is 1.98. The molecule has 4 heteroatoms. The summed E-state index contributed by atoms with van der Waals surface area (Å²) in [4.78, 5) is 24.9. The number of rotatable bonds is 4. The molecule has 2 N–H and O–H groups in total. The van der Waals surface area contributed by atoms with E-state index in [1.54, 1.807) is 0 Å². The van der Waals surface area contributed by atoms with Gasteiger partial charge in [-0.05, 0) is 17.5 Å². The average molecular weight is 244 g/mol. The number of nitrogens with two attached hydrogens (primary N) is 1. The van der Waals surface area contributed by atoms with Gasteiger partial charge >= 0.3 is 0 Å². The number of hydrogen-bond donors (Lipinski definition) is 1. The van der Waals surface area contributed by atoms with Crippen molar-refractivity contribution in [1.29, 1.82) is 0 Å². The van der Waals surface area contributed by atoms with Gasteiger partial charge in [0.1, 0.15) is 0 Å². The standard InChI is InChI=1S/C14H16N2O2/c1-2-10-3-5-11(6-4-10)12-9-13(17)16(8-7-15)14(12)18/h3-6,9H,2,7-8,15H2,1H3. The predicted octanol–water partition coefficient (Wildman–Crippen LogP) is 0.960. The number of nitrogens with zero attached hydrogens (tertiary/aromatic N) is 1. The van der Waals surface area contributed by atoms with Gasteiger partial charge in [0.25, 0.3) is 11.8 Å². The van der Waals surface area contributed by atoms with E-state index in [1.807, 2.05) is 24.3 Å².